The number of esters is 1. The monoisotopic (exact) mass is 306 g/mol. The topological polar surface area (TPSA) is 26.3 Å². The molecule has 0 heterocycles. The lowest BCUT2D eigenvalue weighted by atomic mass is 9.62. The van der Waals surface area contributed by atoms with Crippen LogP contribution in [0.1, 0.15) is 64.9 Å². The molecule has 1 aromatic rings. The fourth-order valence-electron chi connectivity index (χ4n) is 3.28. The van der Waals surface area contributed by atoms with Gasteiger partial charge >= 0.3 is 5.97 Å². The van der Waals surface area contributed by atoms with Crippen LogP contribution >= 0.6 is 0 Å². The highest BCUT2D eigenvalue weighted by atomic mass is 19.1. The highest BCUT2D eigenvalue weighted by molar-refractivity contribution is 5.79. The van der Waals surface area contributed by atoms with Gasteiger partial charge in [-0.05, 0) is 62.1 Å². The summed E-state index contributed by atoms with van der Waals surface area (Å²) in [5.74, 6) is -0.683. The van der Waals surface area contributed by atoms with E-state index in [1.807, 2.05) is 13.8 Å². The van der Waals surface area contributed by atoms with Gasteiger partial charge in [0, 0.05) is 0 Å². The van der Waals surface area contributed by atoms with Crippen LogP contribution in [0.3, 0.4) is 0 Å². The molecule has 2 nitrogen and oxygen atoms in total. The SMILES string of the molecule is CCC1(C)CCC(CC)(C(=O)Oc2ccc(C)cc2F)CC1. The van der Waals surface area contributed by atoms with Crippen LogP contribution in [-0.4, -0.2) is 5.97 Å². The number of carbonyl (C=O) groups is 1. The Kier molecular flexibility index (Phi) is 4.93. The zero-order chi connectivity index (χ0) is 16.4. The van der Waals surface area contributed by atoms with E-state index >= 15 is 0 Å². The fourth-order valence-corrected chi connectivity index (χ4v) is 3.28. The normalized spacial score (nSPS) is 28.4. The maximum atomic E-state index is 13.9. The van der Waals surface area contributed by atoms with E-state index in [1.54, 1.807) is 12.1 Å². The number of benzene rings is 1. The van der Waals surface area contributed by atoms with Crippen molar-refractivity contribution in [3.8, 4) is 5.75 Å². The number of hydrogen-bond donors (Lipinski definition) is 0. The fraction of sp³-hybridized carbons (Fsp3) is 0.632. The Hall–Kier alpha value is -1.38. The summed E-state index contributed by atoms with van der Waals surface area (Å²) in [6, 6.07) is 4.71. The third-order valence-electron chi connectivity index (χ3n) is 5.67. The molecule has 0 unspecified atom stereocenters. The largest absolute Gasteiger partial charge is 0.423 e. The molecule has 2 rings (SSSR count). The molecule has 122 valence electrons. The van der Waals surface area contributed by atoms with Crippen molar-refractivity contribution in [1.29, 1.82) is 0 Å². The van der Waals surface area contributed by atoms with Gasteiger partial charge in [0.05, 0.1) is 5.41 Å². The second-order valence-corrected chi connectivity index (χ2v) is 7.12. The van der Waals surface area contributed by atoms with Gasteiger partial charge in [-0.25, -0.2) is 4.39 Å². The molecule has 0 aliphatic heterocycles. The zero-order valence-corrected chi connectivity index (χ0v) is 14.2. The molecule has 1 aromatic carbocycles. The van der Waals surface area contributed by atoms with E-state index in [9.17, 15) is 9.18 Å². The maximum absolute atomic E-state index is 13.9. The summed E-state index contributed by atoms with van der Waals surface area (Å²) in [5, 5.41) is 0. The van der Waals surface area contributed by atoms with Gasteiger partial charge in [0.25, 0.3) is 0 Å². The van der Waals surface area contributed by atoms with Crippen molar-refractivity contribution in [3.63, 3.8) is 0 Å². The molecular formula is C19H27FO2. The van der Waals surface area contributed by atoms with Crippen molar-refractivity contribution in [3.05, 3.63) is 29.6 Å². The minimum Gasteiger partial charge on any atom is -0.423 e. The van der Waals surface area contributed by atoms with Crippen molar-refractivity contribution in [1.82, 2.24) is 0 Å². The van der Waals surface area contributed by atoms with E-state index in [2.05, 4.69) is 13.8 Å². The summed E-state index contributed by atoms with van der Waals surface area (Å²) in [5.41, 5.74) is 0.693. The van der Waals surface area contributed by atoms with Crippen molar-refractivity contribution < 1.29 is 13.9 Å². The molecule has 22 heavy (non-hydrogen) atoms. The Balaban J connectivity index is 2.13. The minimum absolute atomic E-state index is 0.0484. The summed E-state index contributed by atoms with van der Waals surface area (Å²) in [6.07, 6.45) is 5.61. The number of carbonyl (C=O) groups excluding carboxylic acids is 1. The second kappa shape index (κ2) is 6.39. The highest BCUT2D eigenvalue weighted by Gasteiger charge is 2.45. The average Bonchev–Trinajstić information content (AvgIpc) is 2.51. The van der Waals surface area contributed by atoms with Crippen LogP contribution in [0.4, 0.5) is 4.39 Å². The highest BCUT2D eigenvalue weighted by Crippen LogP contribution is 2.49. The molecule has 0 radical (unpaired) electrons. The predicted molar refractivity (Wildman–Crippen MR) is 86.4 cm³/mol. The van der Waals surface area contributed by atoms with Gasteiger partial charge in [-0.1, -0.05) is 33.3 Å². The van der Waals surface area contributed by atoms with Gasteiger partial charge in [0.15, 0.2) is 11.6 Å². The summed E-state index contributed by atoms with van der Waals surface area (Å²) in [6.45, 7) is 8.34. The van der Waals surface area contributed by atoms with Crippen LogP contribution in [0.15, 0.2) is 18.2 Å². The average molecular weight is 306 g/mol. The Morgan fingerprint density at radius 3 is 2.32 bits per heavy atom. The zero-order valence-electron chi connectivity index (χ0n) is 14.2. The van der Waals surface area contributed by atoms with Crippen molar-refractivity contribution in [2.75, 3.05) is 0 Å². The van der Waals surface area contributed by atoms with E-state index in [-0.39, 0.29) is 11.7 Å². The number of rotatable bonds is 4. The third kappa shape index (κ3) is 3.34. The third-order valence-corrected chi connectivity index (χ3v) is 5.67. The standard InChI is InChI=1S/C19H27FO2/c1-5-18(4)9-11-19(6-2,12-10-18)17(21)22-16-8-7-14(3)13-15(16)20/h7-8,13H,5-6,9-12H2,1-4H3. The van der Waals surface area contributed by atoms with Gasteiger partial charge in [-0.15, -0.1) is 0 Å². The lowest BCUT2D eigenvalue weighted by molar-refractivity contribution is -0.150. The quantitative estimate of drug-likeness (QED) is 0.548. The first-order chi connectivity index (χ1) is 10.3. The molecule has 0 atom stereocenters. The van der Waals surface area contributed by atoms with E-state index in [0.717, 1.165) is 44.1 Å². The Bertz CT molecular complexity index is 542. The van der Waals surface area contributed by atoms with Gasteiger partial charge in [0.1, 0.15) is 0 Å². The molecule has 0 aromatic heterocycles. The first-order valence-electron chi connectivity index (χ1n) is 8.32. The number of ether oxygens (including phenoxy) is 1. The Morgan fingerprint density at radius 1 is 1.18 bits per heavy atom. The van der Waals surface area contributed by atoms with Crippen molar-refractivity contribution >= 4 is 5.97 Å². The lowest BCUT2D eigenvalue weighted by Crippen LogP contribution is -2.40. The maximum Gasteiger partial charge on any atom is 0.317 e. The molecule has 0 saturated heterocycles. The number of hydrogen-bond acceptors (Lipinski definition) is 2. The van der Waals surface area contributed by atoms with Crippen LogP contribution in [0.2, 0.25) is 0 Å². The number of aryl methyl sites for hydroxylation is 1. The molecule has 1 saturated carbocycles. The number of halogens is 1. The summed E-state index contributed by atoms with van der Waals surface area (Å²) >= 11 is 0. The lowest BCUT2D eigenvalue weighted by Gasteiger charge is -2.42. The van der Waals surface area contributed by atoms with Crippen LogP contribution in [0, 0.1) is 23.6 Å². The van der Waals surface area contributed by atoms with Gasteiger partial charge < -0.3 is 4.74 Å². The molecule has 1 aliphatic rings. The van der Waals surface area contributed by atoms with E-state index < -0.39 is 11.2 Å². The van der Waals surface area contributed by atoms with Gasteiger partial charge in [-0.3, -0.25) is 4.79 Å². The van der Waals surface area contributed by atoms with Crippen LogP contribution in [0.25, 0.3) is 0 Å². The van der Waals surface area contributed by atoms with Crippen LogP contribution in [-0.2, 0) is 4.79 Å². The molecule has 3 heteroatoms. The van der Waals surface area contributed by atoms with Crippen LogP contribution < -0.4 is 4.74 Å². The summed E-state index contributed by atoms with van der Waals surface area (Å²) < 4.78 is 19.3. The first-order valence-corrected chi connectivity index (χ1v) is 8.32. The smallest absolute Gasteiger partial charge is 0.317 e. The van der Waals surface area contributed by atoms with Crippen molar-refractivity contribution in [2.45, 2.75) is 66.2 Å². The van der Waals surface area contributed by atoms with Gasteiger partial charge in [0.2, 0.25) is 0 Å². The Morgan fingerprint density at radius 2 is 1.82 bits per heavy atom. The molecule has 1 fully saturated rings. The van der Waals surface area contributed by atoms with Crippen LogP contribution in [0.5, 0.6) is 5.75 Å². The van der Waals surface area contributed by atoms with Crippen molar-refractivity contribution in [2.24, 2.45) is 10.8 Å². The van der Waals surface area contributed by atoms with E-state index in [4.69, 9.17) is 4.74 Å². The Labute approximate surface area is 133 Å². The predicted octanol–water partition coefficient (Wildman–Crippen LogP) is 5.43. The summed E-state index contributed by atoms with van der Waals surface area (Å²) in [7, 11) is 0. The molecule has 0 N–H and O–H groups in total. The molecule has 0 amide bonds. The van der Waals surface area contributed by atoms with E-state index in [0.29, 0.717) is 5.41 Å². The molecule has 1 aliphatic carbocycles. The summed E-state index contributed by atoms with van der Waals surface area (Å²) in [4.78, 5) is 12.7. The molecule has 0 spiro atoms. The first kappa shape index (κ1) is 17.0. The molecule has 0 bridgehead atoms. The molecular weight excluding hydrogens is 279 g/mol. The van der Waals surface area contributed by atoms with Gasteiger partial charge in [-0.2, -0.15) is 0 Å². The van der Waals surface area contributed by atoms with E-state index in [1.165, 1.54) is 6.07 Å². The second-order valence-electron chi connectivity index (χ2n) is 7.12. The minimum atomic E-state index is -0.464.